The Bertz CT molecular complexity index is 1340. The average Bonchev–Trinajstić information content (AvgIpc) is 3.31. The number of nitrogens with zero attached hydrogens (tertiary/aromatic N) is 4. The highest BCUT2D eigenvalue weighted by molar-refractivity contribution is 6.07. The second-order valence-electron chi connectivity index (χ2n) is 7.78. The van der Waals surface area contributed by atoms with Gasteiger partial charge in [-0.25, -0.2) is 14.6 Å². The Morgan fingerprint density at radius 1 is 1.09 bits per heavy atom. The number of benzene rings is 1. The minimum Gasteiger partial charge on any atom is -0.447 e. The van der Waals surface area contributed by atoms with Gasteiger partial charge in [0, 0.05) is 18.0 Å². The number of rotatable bonds is 4. The first-order valence-corrected chi connectivity index (χ1v) is 10.0. The summed E-state index contributed by atoms with van der Waals surface area (Å²) in [6.45, 7) is 2.17. The first-order valence-electron chi connectivity index (χ1n) is 10.0. The molecule has 2 saturated heterocycles. The number of imide groups is 1. The number of anilines is 1. The quantitative estimate of drug-likeness (QED) is 0.626. The normalized spacial score (nSPS) is 20.7. The van der Waals surface area contributed by atoms with E-state index in [1.54, 1.807) is 55.6 Å². The number of pyridine rings is 1. The molecule has 3 aromatic rings. The number of amides is 4. The Hall–Kier alpha value is -4.21. The molecule has 10 nitrogen and oxygen atoms in total. The number of carbonyl (C=O) groups excluding carboxylic acids is 3. The van der Waals surface area contributed by atoms with Crippen LogP contribution in [0.1, 0.15) is 18.2 Å². The van der Waals surface area contributed by atoms with Crippen LogP contribution in [0.25, 0.3) is 5.65 Å². The highest BCUT2D eigenvalue weighted by Crippen LogP contribution is 2.32. The third kappa shape index (κ3) is 3.08. The molecule has 5 rings (SSSR count). The van der Waals surface area contributed by atoms with Crippen molar-refractivity contribution in [1.29, 1.82) is 0 Å². The largest absolute Gasteiger partial charge is 0.447 e. The van der Waals surface area contributed by atoms with Gasteiger partial charge in [0.05, 0.1) is 18.8 Å². The van der Waals surface area contributed by atoms with Crippen molar-refractivity contribution < 1.29 is 19.1 Å². The maximum Gasteiger partial charge on any atom is 0.414 e. The molecule has 2 fully saturated rings. The van der Waals surface area contributed by atoms with E-state index < -0.39 is 23.6 Å². The minimum absolute atomic E-state index is 0.140. The summed E-state index contributed by atoms with van der Waals surface area (Å²) in [5, 5.41) is 2.74. The van der Waals surface area contributed by atoms with Crippen LogP contribution < -0.4 is 15.8 Å². The van der Waals surface area contributed by atoms with E-state index in [0.29, 0.717) is 35.7 Å². The van der Waals surface area contributed by atoms with Crippen molar-refractivity contribution in [2.45, 2.75) is 19.0 Å². The lowest BCUT2D eigenvalue weighted by Gasteiger charge is -2.24. The molecule has 0 saturated carbocycles. The lowest BCUT2D eigenvalue weighted by atomic mass is 9.91. The summed E-state index contributed by atoms with van der Waals surface area (Å²) >= 11 is 0. The molecule has 0 bridgehead atoms. The summed E-state index contributed by atoms with van der Waals surface area (Å²) in [5.74, 6) is -0.473. The van der Waals surface area contributed by atoms with E-state index in [0.717, 1.165) is 4.90 Å². The van der Waals surface area contributed by atoms with Crippen LogP contribution in [0.2, 0.25) is 0 Å². The lowest BCUT2D eigenvalue weighted by molar-refractivity contribution is -0.131. The molecule has 0 aliphatic carbocycles. The number of cyclic esters (lactones) is 1. The maximum atomic E-state index is 13.3. The van der Waals surface area contributed by atoms with E-state index in [1.165, 1.54) is 15.4 Å². The number of urea groups is 1. The highest BCUT2D eigenvalue weighted by atomic mass is 16.6. The number of hydrogen-bond acceptors (Lipinski definition) is 6. The number of ether oxygens (including phenoxy) is 1. The fourth-order valence-electron chi connectivity index (χ4n) is 3.99. The fourth-order valence-corrected chi connectivity index (χ4v) is 3.99. The van der Waals surface area contributed by atoms with Crippen molar-refractivity contribution in [3.63, 3.8) is 0 Å². The van der Waals surface area contributed by atoms with Gasteiger partial charge >= 0.3 is 12.1 Å². The third-order valence-corrected chi connectivity index (χ3v) is 5.72. The van der Waals surface area contributed by atoms with Crippen LogP contribution in [0.15, 0.2) is 59.5 Å². The predicted octanol–water partition coefficient (Wildman–Crippen LogP) is 1.62. The van der Waals surface area contributed by atoms with Crippen LogP contribution in [-0.4, -0.2) is 45.5 Å². The van der Waals surface area contributed by atoms with Gasteiger partial charge in [-0.3, -0.25) is 23.8 Å². The van der Waals surface area contributed by atoms with Crippen LogP contribution in [0, 0.1) is 0 Å². The van der Waals surface area contributed by atoms with Crippen molar-refractivity contribution in [3.8, 4) is 0 Å². The van der Waals surface area contributed by atoms with Gasteiger partial charge in [-0.15, -0.1) is 0 Å². The van der Waals surface area contributed by atoms with Crippen molar-refractivity contribution in [2.24, 2.45) is 0 Å². The second kappa shape index (κ2) is 7.19. The molecule has 10 heteroatoms. The molecule has 2 aromatic heterocycles. The number of carbonyl (C=O) groups is 3. The second-order valence-corrected chi connectivity index (χ2v) is 7.78. The molecule has 0 unspecified atom stereocenters. The van der Waals surface area contributed by atoms with Crippen molar-refractivity contribution in [1.82, 2.24) is 19.6 Å². The Morgan fingerprint density at radius 3 is 2.72 bits per heavy atom. The van der Waals surface area contributed by atoms with E-state index in [9.17, 15) is 19.2 Å². The monoisotopic (exact) mass is 433 g/mol. The molecule has 162 valence electrons. The SMILES string of the molecule is C[C@@]1(c2cccc(N3CCOC3=O)c2)NC(=O)N(Cc2cc(=O)n3ccccc3n2)C1=O. The Balaban J connectivity index is 1.45. The zero-order chi connectivity index (χ0) is 22.5. The van der Waals surface area contributed by atoms with Crippen molar-refractivity contribution >= 4 is 29.4 Å². The molecule has 32 heavy (non-hydrogen) atoms. The average molecular weight is 433 g/mol. The molecule has 1 atom stereocenters. The first kappa shape index (κ1) is 19.7. The summed E-state index contributed by atoms with van der Waals surface area (Å²) in [7, 11) is 0. The van der Waals surface area contributed by atoms with Crippen molar-refractivity contribution in [2.75, 3.05) is 18.1 Å². The molecular formula is C22H19N5O5. The Kier molecular flexibility index (Phi) is 4.43. The van der Waals surface area contributed by atoms with Crippen LogP contribution in [-0.2, 0) is 21.6 Å². The van der Waals surface area contributed by atoms with Gasteiger partial charge in [-0.05, 0) is 36.8 Å². The van der Waals surface area contributed by atoms with Gasteiger partial charge in [0.25, 0.3) is 11.5 Å². The number of aromatic nitrogens is 2. The van der Waals surface area contributed by atoms with E-state index in [1.807, 2.05) is 0 Å². The smallest absolute Gasteiger partial charge is 0.414 e. The van der Waals surface area contributed by atoms with Gasteiger partial charge < -0.3 is 10.1 Å². The zero-order valence-electron chi connectivity index (χ0n) is 17.1. The molecule has 2 aliphatic rings. The molecule has 4 amide bonds. The highest BCUT2D eigenvalue weighted by Gasteiger charge is 2.49. The van der Waals surface area contributed by atoms with E-state index in [2.05, 4.69) is 10.3 Å². The first-order chi connectivity index (χ1) is 15.4. The summed E-state index contributed by atoms with van der Waals surface area (Å²) in [6, 6.07) is 12.7. The van der Waals surface area contributed by atoms with Gasteiger partial charge in [-0.1, -0.05) is 18.2 Å². The minimum atomic E-state index is -1.33. The molecule has 2 aliphatic heterocycles. The number of nitrogens with one attached hydrogen (secondary N) is 1. The van der Waals surface area contributed by atoms with E-state index >= 15 is 0 Å². The summed E-state index contributed by atoms with van der Waals surface area (Å²) in [4.78, 5) is 57.2. The predicted molar refractivity (Wildman–Crippen MR) is 113 cm³/mol. The van der Waals surface area contributed by atoms with Crippen molar-refractivity contribution in [3.05, 3.63) is 76.3 Å². The van der Waals surface area contributed by atoms with Gasteiger partial charge in [0.15, 0.2) is 0 Å². The Labute approximate surface area is 182 Å². The maximum absolute atomic E-state index is 13.3. The van der Waals surface area contributed by atoms with Gasteiger partial charge in [0.1, 0.15) is 17.8 Å². The van der Waals surface area contributed by atoms with E-state index in [4.69, 9.17) is 4.74 Å². The van der Waals surface area contributed by atoms with E-state index in [-0.39, 0.29) is 12.1 Å². The molecule has 4 heterocycles. The standard InChI is InChI=1S/C22H19N5O5/c1-22(14-5-4-6-16(11-14)25-9-10-32-21(25)31)19(29)27(20(30)24-22)13-15-12-18(28)26-8-3-2-7-17(26)23-15/h2-8,11-12H,9-10,13H2,1H3,(H,24,30)/t22-/m0/s1. The third-order valence-electron chi connectivity index (χ3n) is 5.72. The number of fused-ring (bicyclic) bond motifs is 1. The van der Waals surface area contributed by atoms with Crippen LogP contribution in [0.5, 0.6) is 0 Å². The summed E-state index contributed by atoms with van der Waals surface area (Å²) in [5.41, 5.74) is 0.212. The molecule has 1 aromatic carbocycles. The molecule has 0 spiro atoms. The fraction of sp³-hybridized carbons (Fsp3) is 0.227. The number of hydrogen-bond donors (Lipinski definition) is 1. The van der Waals surface area contributed by atoms with Crippen LogP contribution in [0.3, 0.4) is 0 Å². The van der Waals surface area contributed by atoms with Crippen LogP contribution >= 0.6 is 0 Å². The van der Waals surface area contributed by atoms with Crippen LogP contribution in [0.4, 0.5) is 15.3 Å². The topological polar surface area (TPSA) is 113 Å². The molecule has 1 N–H and O–H groups in total. The Morgan fingerprint density at radius 2 is 1.94 bits per heavy atom. The molecule has 0 radical (unpaired) electrons. The molecular weight excluding hydrogens is 414 g/mol. The zero-order valence-corrected chi connectivity index (χ0v) is 17.1. The lowest BCUT2D eigenvalue weighted by Crippen LogP contribution is -2.41. The summed E-state index contributed by atoms with van der Waals surface area (Å²) in [6.07, 6.45) is 1.15. The van der Waals surface area contributed by atoms with Gasteiger partial charge in [0.2, 0.25) is 0 Å². The summed E-state index contributed by atoms with van der Waals surface area (Å²) < 4.78 is 6.36. The van der Waals surface area contributed by atoms with Gasteiger partial charge in [-0.2, -0.15) is 0 Å².